The van der Waals surface area contributed by atoms with Gasteiger partial charge in [-0.1, -0.05) is 104 Å². The van der Waals surface area contributed by atoms with E-state index in [0.717, 1.165) is 15.4 Å². The van der Waals surface area contributed by atoms with Crippen LogP contribution in [-0.4, -0.2) is 44.3 Å². The molecule has 0 heterocycles. The molecule has 0 aliphatic rings. The van der Waals surface area contributed by atoms with Gasteiger partial charge in [0.2, 0.25) is 11.8 Å². The standard InChI is InChI=1S/C34H36ClN3O4S/c1-26(2)23-36-34(40)32(22-27-12-6-3-7-13-27)37(24-28-18-20-29(35)21-19-28)33(39)25-38(30-14-8-4-9-15-30)43(41,42)31-16-10-5-11-17-31/h3-21,26,32H,22-25H2,1-2H3,(H,36,40)/t32-/m1/s1. The van der Waals surface area contributed by atoms with Crippen LogP contribution in [0.2, 0.25) is 5.02 Å². The molecular formula is C34H36ClN3O4S. The molecule has 9 heteroatoms. The molecule has 0 bridgehead atoms. The number of halogens is 1. The second-order valence-corrected chi connectivity index (χ2v) is 13.0. The maximum atomic E-state index is 14.4. The van der Waals surface area contributed by atoms with Crippen LogP contribution < -0.4 is 9.62 Å². The molecule has 0 saturated heterocycles. The average molecular weight is 618 g/mol. The van der Waals surface area contributed by atoms with Gasteiger partial charge in [0.15, 0.2) is 0 Å². The fourth-order valence-electron chi connectivity index (χ4n) is 4.61. The highest BCUT2D eigenvalue weighted by molar-refractivity contribution is 7.92. The van der Waals surface area contributed by atoms with Crippen molar-refractivity contribution in [2.75, 3.05) is 17.4 Å². The molecule has 1 N–H and O–H groups in total. The summed E-state index contributed by atoms with van der Waals surface area (Å²) in [5.74, 6) is -0.623. The van der Waals surface area contributed by atoms with E-state index in [4.69, 9.17) is 11.6 Å². The Morgan fingerprint density at radius 2 is 1.33 bits per heavy atom. The lowest BCUT2D eigenvalue weighted by molar-refractivity contribution is -0.140. The second kappa shape index (κ2) is 14.8. The molecule has 0 aliphatic carbocycles. The maximum absolute atomic E-state index is 14.4. The van der Waals surface area contributed by atoms with Crippen molar-refractivity contribution in [2.24, 2.45) is 5.92 Å². The fraction of sp³-hybridized carbons (Fsp3) is 0.235. The Balaban J connectivity index is 1.77. The molecule has 0 aliphatic heterocycles. The van der Waals surface area contributed by atoms with Gasteiger partial charge in [0.1, 0.15) is 12.6 Å². The third-order valence-corrected chi connectivity index (χ3v) is 8.92. The first-order valence-corrected chi connectivity index (χ1v) is 16.0. The van der Waals surface area contributed by atoms with Gasteiger partial charge >= 0.3 is 0 Å². The Labute approximate surface area is 259 Å². The van der Waals surface area contributed by atoms with Gasteiger partial charge in [-0.25, -0.2) is 8.42 Å². The molecule has 0 aromatic heterocycles. The third-order valence-electron chi connectivity index (χ3n) is 6.88. The summed E-state index contributed by atoms with van der Waals surface area (Å²) in [5, 5.41) is 3.53. The van der Waals surface area contributed by atoms with Crippen LogP contribution in [0.4, 0.5) is 5.69 Å². The number of anilines is 1. The lowest BCUT2D eigenvalue weighted by Crippen LogP contribution is -2.53. The molecular weight excluding hydrogens is 582 g/mol. The quantitative estimate of drug-likeness (QED) is 0.201. The Hall–Kier alpha value is -4.14. The molecule has 4 aromatic rings. The predicted molar refractivity (Wildman–Crippen MR) is 171 cm³/mol. The summed E-state index contributed by atoms with van der Waals surface area (Å²) in [5.41, 5.74) is 1.97. The van der Waals surface area contributed by atoms with Gasteiger partial charge in [0, 0.05) is 24.5 Å². The van der Waals surface area contributed by atoms with Gasteiger partial charge in [-0.05, 0) is 53.4 Å². The first-order valence-electron chi connectivity index (χ1n) is 14.1. The predicted octanol–water partition coefficient (Wildman–Crippen LogP) is 5.95. The van der Waals surface area contributed by atoms with Crippen LogP contribution in [0.15, 0.2) is 120 Å². The monoisotopic (exact) mass is 617 g/mol. The largest absolute Gasteiger partial charge is 0.354 e. The molecule has 43 heavy (non-hydrogen) atoms. The number of nitrogens with one attached hydrogen (secondary N) is 1. The summed E-state index contributed by atoms with van der Waals surface area (Å²) in [6, 6.07) is 32.1. The zero-order chi connectivity index (χ0) is 30.8. The van der Waals surface area contributed by atoms with Gasteiger partial charge in [0.25, 0.3) is 10.0 Å². The fourth-order valence-corrected chi connectivity index (χ4v) is 6.17. The van der Waals surface area contributed by atoms with Gasteiger partial charge in [-0.15, -0.1) is 0 Å². The number of carbonyl (C=O) groups excluding carboxylic acids is 2. The molecule has 4 aromatic carbocycles. The summed E-state index contributed by atoms with van der Waals surface area (Å²) >= 11 is 6.13. The van der Waals surface area contributed by atoms with E-state index in [0.29, 0.717) is 17.3 Å². The average Bonchev–Trinajstić information content (AvgIpc) is 3.02. The van der Waals surface area contributed by atoms with Crippen LogP contribution >= 0.6 is 11.6 Å². The Morgan fingerprint density at radius 1 is 0.767 bits per heavy atom. The van der Waals surface area contributed by atoms with Gasteiger partial charge in [-0.3, -0.25) is 13.9 Å². The summed E-state index contributed by atoms with van der Waals surface area (Å²) in [7, 11) is -4.12. The zero-order valence-electron chi connectivity index (χ0n) is 24.3. The zero-order valence-corrected chi connectivity index (χ0v) is 25.8. The van der Waals surface area contributed by atoms with Crippen molar-refractivity contribution in [2.45, 2.75) is 37.8 Å². The summed E-state index contributed by atoms with van der Waals surface area (Å²) < 4.78 is 28.9. The van der Waals surface area contributed by atoms with Crippen molar-refractivity contribution in [3.8, 4) is 0 Å². The van der Waals surface area contributed by atoms with E-state index >= 15 is 0 Å². The number of carbonyl (C=O) groups is 2. The minimum Gasteiger partial charge on any atom is -0.354 e. The Bertz CT molecular complexity index is 1580. The van der Waals surface area contributed by atoms with Crippen LogP contribution in [0.25, 0.3) is 0 Å². The van der Waals surface area contributed by atoms with Crippen molar-refractivity contribution in [3.63, 3.8) is 0 Å². The van der Waals surface area contributed by atoms with E-state index in [1.165, 1.54) is 17.0 Å². The van der Waals surface area contributed by atoms with Crippen molar-refractivity contribution >= 4 is 39.1 Å². The summed E-state index contributed by atoms with van der Waals surface area (Å²) in [4.78, 5) is 29.7. The molecule has 2 amide bonds. The van der Waals surface area contributed by atoms with Crippen LogP contribution in [0.3, 0.4) is 0 Å². The highest BCUT2D eigenvalue weighted by Crippen LogP contribution is 2.25. The number of sulfonamides is 1. The van der Waals surface area contributed by atoms with E-state index in [1.807, 2.05) is 44.2 Å². The van der Waals surface area contributed by atoms with Gasteiger partial charge in [0.05, 0.1) is 10.6 Å². The second-order valence-electron chi connectivity index (χ2n) is 10.7. The number of hydrogen-bond acceptors (Lipinski definition) is 4. The van der Waals surface area contributed by atoms with Crippen LogP contribution in [0.1, 0.15) is 25.0 Å². The smallest absolute Gasteiger partial charge is 0.264 e. The van der Waals surface area contributed by atoms with Crippen LogP contribution in [-0.2, 0) is 32.6 Å². The number of hydrogen-bond donors (Lipinski definition) is 1. The topological polar surface area (TPSA) is 86.8 Å². The first kappa shape index (κ1) is 31.8. The molecule has 0 unspecified atom stereocenters. The van der Waals surface area contributed by atoms with E-state index in [9.17, 15) is 18.0 Å². The molecule has 0 spiro atoms. The molecule has 7 nitrogen and oxygen atoms in total. The van der Waals surface area contributed by atoms with Crippen molar-refractivity contribution < 1.29 is 18.0 Å². The summed E-state index contributed by atoms with van der Waals surface area (Å²) in [6.07, 6.45) is 0.251. The Kier molecular flexibility index (Phi) is 11.0. The highest BCUT2D eigenvalue weighted by atomic mass is 35.5. The number of para-hydroxylation sites is 1. The van der Waals surface area contributed by atoms with E-state index in [2.05, 4.69) is 5.32 Å². The molecule has 0 radical (unpaired) electrons. The Morgan fingerprint density at radius 3 is 1.91 bits per heavy atom. The lowest BCUT2D eigenvalue weighted by Gasteiger charge is -2.34. The maximum Gasteiger partial charge on any atom is 0.264 e. The normalized spacial score (nSPS) is 12.0. The molecule has 0 saturated carbocycles. The van der Waals surface area contributed by atoms with Crippen molar-refractivity contribution in [1.29, 1.82) is 0 Å². The minimum absolute atomic E-state index is 0.0615. The minimum atomic E-state index is -4.12. The van der Waals surface area contributed by atoms with E-state index in [1.54, 1.807) is 72.8 Å². The van der Waals surface area contributed by atoms with Crippen LogP contribution in [0.5, 0.6) is 0 Å². The number of rotatable bonds is 13. The molecule has 224 valence electrons. The molecule has 0 fully saturated rings. The van der Waals surface area contributed by atoms with Crippen molar-refractivity contribution in [1.82, 2.24) is 10.2 Å². The SMILES string of the molecule is CC(C)CNC(=O)[C@@H](Cc1ccccc1)N(Cc1ccc(Cl)cc1)C(=O)CN(c1ccccc1)S(=O)(=O)c1ccccc1. The molecule has 4 rings (SSSR count). The number of amides is 2. The van der Waals surface area contributed by atoms with Gasteiger partial charge in [-0.2, -0.15) is 0 Å². The lowest BCUT2D eigenvalue weighted by atomic mass is 10.0. The molecule has 1 atom stereocenters. The number of nitrogens with zero attached hydrogens (tertiary/aromatic N) is 2. The van der Waals surface area contributed by atoms with E-state index < -0.39 is 28.5 Å². The third kappa shape index (κ3) is 8.69. The number of benzene rings is 4. The van der Waals surface area contributed by atoms with Crippen LogP contribution in [0, 0.1) is 5.92 Å². The van der Waals surface area contributed by atoms with Gasteiger partial charge < -0.3 is 10.2 Å². The van der Waals surface area contributed by atoms with Crippen molar-refractivity contribution in [3.05, 3.63) is 131 Å². The first-order chi connectivity index (χ1) is 20.6. The summed E-state index contributed by atoms with van der Waals surface area (Å²) in [6.45, 7) is 4.00. The van der Waals surface area contributed by atoms with E-state index in [-0.39, 0.29) is 29.7 Å². The highest BCUT2D eigenvalue weighted by Gasteiger charge is 2.34.